The molecule has 178 valence electrons. The number of hydrogen-bond acceptors (Lipinski definition) is 7. The summed E-state index contributed by atoms with van der Waals surface area (Å²) in [4.78, 5) is 25.8. The molecule has 2 N–H and O–H groups in total. The van der Waals surface area contributed by atoms with E-state index in [0.29, 0.717) is 18.4 Å². The first-order valence-corrected chi connectivity index (χ1v) is 11.9. The number of esters is 1. The van der Waals surface area contributed by atoms with Crippen molar-refractivity contribution in [1.82, 2.24) is 0 Å². The molecular formula is C26H32O7. The molecule has 2 saturated carbocycles. The van der Waals surface area contributed by atoms with Crippen molar-refractivity contribution in [2.45, 2.75) is 77.5 Å². The Hall–Kier alpha value is -1.96. The van der Waals surface area contributed by atoms with E-state index in [2.05, 4.69) is 6.92 Å². The molecule has 0 bridgehead atoms. The van der Waals surface area contributed by atoms with Gasteiger partial charge in [-0.2, -0.15) is 0 Å². The summed E-state index contributed by atoms with van der Waals surface area (Å²) in [5, 5.41) is 23.6. The standard InChI is InChI=1S/C26H32O7/c1-22(2)15-10-17(29)25(5)18(23(15,3)8-6-16(22)28)14(27)11-24(4)19(13-7-9-31-12-13)32-21(30)20-26(24,25)33-20/h6-9,12,14-15,17-20,27,29H,10-11H2,1-5H3/t14-,15+,17-,18?,19+,20-,23+,24+,25-,26-/m1/s1. The molecule has 5 aliphatic rings. The smallest absolute Gasteiger partial charge is 0.339 e. The van der Waals surface area contributed by atoms with Crippen molar-refractivity contribution in [3.8, 4) is 0 Å². The summed E-state index contributed by atoms with van der Waals surface area (Å²) in [6.45, 7) is 9.90. The van der Waals surface area contributed by atoms with E-state index in [0.717, 1.165) is 0 Å². The van der Waals surface area contributed by atoms with E-state index in [1.807, 2.05) is 33.8 Å². The largest absolute Gasteiger partial charge is 0.472 e. The highest BCUT2D eigenvalue weighted by Gasteiger charge is 2.89. The Morgan fingerprint density at radius 3 is 2.45 bits per heavy atom. The third-order valence-corrected chi connectivity index (χ3v) is 10.5. The maximum Gasteiger partial charge on any atom is 0.339 e. The first-order valence-electron chi connectivity index (χ1n) is 11.9. The van der Waals surface area contributed by atoms with E-state index in [4.69, 9.17) is 13.9 Å². The minimum atomic E-state index is -0.992. The Labute approximate surface area is 193 Å². The molecule has 7 heteroatoms. The Balaban J connectivity index is 1.56. The van der Waals surface area contributed by atoms with E-state index in [1.54, 1.807) is 18.4 Å². The molecule has 3 heterocycles. The third-order valence-electron chi connectivity index (χ3n) is 10.5. The molecule has 7 nitrogen and oxygen atoms in total. The van der Waals surface area contributed by atoms with Crippen LogP contribution < -0.4 is 0 Å². The monoisotopic (exact) mass is 456 g/mol. The average Bonchev–Trinajstić information content (AvgIpc) is 3.31. The van der Waals surface area contributed by atoms with Crippen molar-refractivity contribution >= 4 is 11.8 Å². The summed E-state index contributed by atoms with van der Waals surface area (Å²) >= 11 is 0. The molecule has 0 aromatic carbocycles. The van der Waals surface area contributed by atoms with Gasteiger partial charge in [0.25, 0.3) is 0 Å². The molecule has 0 radical (unpaired) electrons. The minimum Gasteiger partial charge on any atom is -0.472 e. The molecule has 2 aliphatic heterocycles. The Bertz CT molecular complexity index is 1070. The van der Waals surface area contributed by atoms with Crippen LogP contribution in [0.25, 0.3) is 0 Å². The van der Waals surface area contributed by atoms with Gasteiger partial charge in [0.05, 0.1) is 24.7 Å². The number of hydrogen-bond donors (Lipinski definition) is 2. The van der Waals surface area contributed by atoms with Gasteiger partial charge in [-0.25, -0.2) is 4.79 Å². The number of furan rings is 1. The topological polar surface area (TPSA) is 110 Å². The first kappa shape index (κ1) is 21.6. The number of aliphatic hydroxyl groups is 2. The number of carbonyl (C=O) groups is 2. The SMILES string of the molecule is CC1(C)C(=O)C=C[C@]2(C)C3[C@H](O)C[C@@]4(C)[C@H](c5ccoc5)OC(=O)[C@H]5O[C@]54[C@]3(C)[C@H](O)C[C@@H]12. The zero-order chi connectivity index (χ0) is 23.8. The zero-order valence-electron chi connectivity index (χ0n) is 19.7. The lowest BCUT2D eigenvalue weighted by Crippen LogP contribution is -2.75. The van der Waals surface area contributed by atoms with Crippen LogP contribution in [-0.2, 0) is 19.1 Å². The maximum absolute atomic E-state index is 13.1. The fourth-order valence-corrected chi connectivity index (χ4v) is 9.02. The highest BCUT2D eigenvalue weighted by Crippen LogP contribution is 2.79. The molecule has 10 atom stereocenters. The third kappa shape index (κ3) is 2.14. The Morgan fingerprint density at radius 2 is 1.79 bits per heavy atom. The quantitative estimate of drug-likeness (QED) is 0.494. The lowest BCUT2D eigenvalue weighted by molar-refractivity contribution is -0.274. The van der Waals surface area contributed by atoms with Crippen molar-refractivity contribution in [2.24, 2.45) is 33.5 Å². The fraction of sp³-hybridized carbons (Fsp3) is 0.692. The molecule has 1 unspecified atom stereocenters. The predicted octanol–water partition coefficient (Wildman–Crippen LogP) is 2.96. The van der Waals surface area contributed by atoms with Gasteiger partial charge in [0, 0.05) is 27.7 Å². The van der Waals surface area contributed by atoms with Gasteiger partial charge in [-0.15, -0.1) is 0 Å². The number of ether oxygens (including phenoxy) is 2. The lowest BCUT2D eigenvalue weighted by Gasteiger charge is -2.69. The number of epoxide rings is 1. The van der Waals surface area contributed by atoms with Gasteiger partial charge in [0.2, 0.25) is 0 Å². The van der Waals surface area contributed by atoms with Crippen molar-refractivity contribution in [3.05, 3.63) is 36.3 Å². The molecule has 2 saturated heterocycles. The highest BCUT2D eigenvalue weighted by atomic mass is 16.7. The van der Waals surface area contributed by atoms with Crippen LogP contribution in [0.5, 0.6) is 0 Å². The second kappa shape index (κ2) is 5.99. The van der Waals surface area contributed by atoms with E-state index in [1.165, 1.54) is 6.26 Å². The summed E-state index contributed by atoms with van der Waals surface area (Å²) in [5.74, 6) is -0.958. The number of allylic oxidation sites excluding steroid dienone is 2. The van der Waals surface area contributed by atoms with Crippen LogP contribution >= 0.6 is 0 Å². The van der Waals surface area contributed by atoms with Gasteiger partial charge in [-0.1, -0.05) is 40.7 Å². The van der Waals surface area contributed by atoms with Crippen LogP contribution in [0.3, 0.4) is 0 Å². The molecule has 4 fully saturated rings. The summed E-state index contributed by atoms with van der Waals surface area (Å²) in [5.41, 5.74) is -3.20. The van der Waals surface area contributed by atoms with E-state index >= 15 is 0 Å². The summed E-state index contributed by atoms with van der Waals surface area (Å²) < 4.78 is 17.5. The number of fused-ring (bicyclic) bond motifs is 3. The molecule has 6 rings (SSSR count). The molecule has 1 spiro atoms. The second-order valence-electron chi connectivity index (χ2n) is 12.1. The second-order valence-corrected chi connectivity index (χ2v) is 12.1. The zero-order valence-corrected chi connectivity index (χ0v) is 19.7. The molecule has 1 aromatic heterocycles. The van der Waals surface area contributed by atoms with Gasteiger partial charge < -0.3 is 24.1 Å². The van der Waals surface area contributed by atoms with Gasteiger partial charge in [0.1, 0.15) is 11.7 Å². The Kier molecular flexibility index (Phi) is 3.91. The van der Waals surface area contributed by atoms with Crippen LogP contribution in [0.1, 0.15) is 59.1 Å². The average molecular weight is 457 g/mol. The van der Waals surface area contributed by atoms with Crippen molar-refractivity contribution in [3.63, 3.8) is 0 Å². The molecule has 3 aliphatic carbocycles. The number of aliphatic hydroxyl groups excluding tert-OH is 2. The van der Waals surface area contributed by atoms with E-state index in [9.17, 15) is 19.8 Å². The maximum atomic E-state index is 13.1. The van der Waals surface area contributed by atoms with Crippen LogP contribution in [0.15, 0.2) is 35.2 Å². The van der Waals surface area contributed by atoms with Crippen LogP contribution in [0.2, 0.25) is 0 Å². The van der Waals surface area contributed by atoms with Gasteiger partial charge >= 0.3 is 5.97 Å². The molecule has 1 aromatic rings. The van der Waals surface area contributed by atoms with Gasteiger partial charge in [0.15, 0.2) is 11.9 Å². The number of rotatable bonds is 1. The van der Waals surface area contributed by atoms with E-state index < -0.39 is 63.6 Å². The Morgan fingerprint density at radius 1 is 1.06 bits per heavy atom. The molecule has 0 amide bonds. The van der Waals surface area contributed by atoms with Gasteiger partial charge in [-0.3, -0.25) is 4.79 Å². The summed E-state index contributed by atoms with van der Waals surface area (Å²) in [7, 11) is 0. The van der Waals surface area contributed by atoms with Crippen LogP contribution in [-0.4, -0.2) is 45.9 Å². The predicted molar refractivity (Wildman–Crippen MR) is 116 cm³/mol. The van der Waals surface area contributed by atoms with Crippen molar-refractivity contribution in [2.75, 3.05) is 0 Å². The number of cyclic esters (lactones) is 1. The number of ketones is 1. The molecule has 33 heavy (non-hydrogen) atoms. The fourth-order valence-electron chi connectivity index (χ4n) is 9.02. The highest BCUT2D eigenvalue weighted by molar-refractivity contribution is 5.95. The molecular weight excluding hydrogens is 424 g/mol. The van der Waals surface area contributed by atoms with Gasteiger partial charge in [-0.05, 0) is 36.3 Å². The summed E-state index contributed by atoms with van der Waals surface area (Å²) in [6.07, 6.45) is 4.30. The van der Waals surface area contributed by atoms with Crippen molar-refractivity contribution < 1.29 is 33.7 Å². The normalized spacial score (nSPS) is 53.9. The van der Waals surface area contributed by atoms with Crippen LogP contribution in [0, 0.1) is 33.5 Å². The van der Waals surface area contributed by atoms with Crippen LogP contribution in [0.4, 0.5) is 0 Å². The lowest BCUT2D eigenvalue weighted by atomic mass is 9.35. The minimum absolute atomic E-state index is 0.0379. The van der Waals surface area contributed by atoms with Crippen molar-refractivity contribution in [1.29, 1.82) is 0 Å². The number of carbonyl (C=O) groups excluding carboxylic acids is 2. The summed E-state index contributed by atoms with van der Waals surface area (Å²) in [6, 6.07) is 1.77. The van der Waals surface area contributed by atoms with E-state index in [-0.39, 0.29) is 11.7 Å². The first-order chi connectivity index (χ1) is 15.4.